The van der Waals surface area contributed by atoms with Gasteiger partial charge in [0.1, 0.15) is 5.69 Å². The van der Waals surface area contributed by atoms with Crippen LogP contribution in [-0.2, 0) is 16.6 Å². The number of pyridine rings is 1. The molecule has 8 heteroatoms. The lowest BCUT2D eigenvalue weighted by Gasteiger charge is -2.10. The summed E-state index contributed by atoms with van der Waals surface area (Å²) in [6, 6.07) is 14.4. The number of sulfonamides is 1. The van der Waals surface area contributed by atoms with Gasteiger partial charge in [0.05, 0.1) is 16.6 Å². The normalized spacial score (nSPS) is 11.9. The molecule has 7 nitrogen and oxygen atoms in total. The highest BCUT2D eigenvalue weighted by Crippen LogP contribution is 2.20. The van der Waals surface area contributed by atoms with Crippen LogP contribution in [0.5, 0.6) is 0 Å². The smallest absolute Gasteiger partial charge is 0.238 e. The fourth-order valence-electron chi connectivity index (χ4n) is 2.77. The van der Waals surface area contributed by atoms with Crippen molar-refractivity contribution in [2.75, 3.05) is 0 Å². The molecule has 2 N–H and O–H groups in total. The van der Waals surface area contributed by atoms with E-state index in [1.807, 2.05) is 39.5 Å². The van der Waals surface area contributed by atoms with Crippen LogP contribution in [0.1, 0.15) is 5.56 Å². The minimum atomic E-state index is -3.68. The number of primary sulfonamides is 1. The molecular weight excluding hydrogens is 338 g/mol. The molecule has 126 valence electrons. The second kappa shape index (κ2) is 5.83. The van der Waals surface area contributed by atoms with E-state index in [0.29, 0.717) is 6.54 Å². The monoisotopic (exact) mass is 353 g/mol. The van der Waals surface area contributed by atoms with Crippen molar-refractivity contribution in [3.8, 4) is 11.5 Å². The average molecular weight is 353 g/mol. The number of imidazole rings is 1. The Bertz CT molecular complexity index is 1140. The molecule has 4 rings (SSSR count). The van der Waals surface area contributed by atoms with Crippen LogP contribution < -0.4 is 5.14 Å². The Kier molecular flexibility index (Phi) is 3.63. The Morgan fingerprint density at radius 2 is 1.80 bits per heavy atom. The SMILES string of the molecule is NS(=O)(=O)c1ccc(Cn2ccnc2-c2cccc3ccnn23)cc1. The number of nitrogens with zero attached hydrogens (tertiary/aromatic N) is 4. The molecule has 0 bridgehead atoms. The van der Waals surface area contributed by atoms with Gasteiger partial charge in [-0.3, -0.25) is 0 Å². The number of aromatic nitrogens is 4. The molecule has 0 radical (unpaired) electrons. The van der Waals surface area contributed by atoms with Crippen molar-refractivity contribution in [3.05, 3.63) is 72.7 Å². The van der Waals surface area contributed by atoms with E-state index in [-0.39, 0.29) is 4.90 Å². The predicted octanol–water partition coefficient (Wildman–Crippen LogP) is 1.89. The number of hydrogen-bond acceptors (Lipinski definition) is 4. The summed E-state index contributed by atoms with van der Waals surface area (Å²) in [5, 5.41) is 9.48. The Morgan fingerprint density at radius 1 is 1.00 bits per heavy atom. The average Bonchev–Trinajstić information content (AvgIpc) is 3.23. The third-order valence-electron chi connectivity index (χ3n) is 3.97. The first-order valence-corrected chi connectivity index (χ1v) is 9.13. The number of benzene rings is 1. The molecule has 0 aliphatic heterocycles. The fourth-order valence-corrected chi connectivity index (χ4v) is 3.29. The van der Waals surface area contributed by atoms with E-state index in [4.69, 9.17) is 5.14 Å². The highest BCUT2D eigenvalue weighted by molar-refractivity contribution is 7.89. The highest BCUT2D eigenvalue weighted by atomic mass is 32.2. The number of fused-ring (bicyclic) bond motifs is 1. The van der Waals surface area contributed by atoms with Gasteiger partial charge >= 0.3 is 0 Å². The van der Waals surface area contributed by atoms with Crippen LogP contribution in [0, 0.1) is 0 Å². The largest absolute Gasteiger partial charge is 0.325 e. The quantitative estimate of drug-likeness (QED) is 0.606. The lowest BCUT2D eigenvalue weighted by Crippen LogP contribution is -2.12. The van der Waals surface area contributed by atoms with Gasteiger partial charge < -0.3 is 4.57 Å². The molecular formula is C17H15N5O2S. The van der Waals surface area contributed by atoms with Crippen molar-refractivity contribution >= 4 is 15.5 Å². The maximum Gasteiger partial charge on any atom is 0.238 e. The predicted molar refractivity (Wildman–Crippen MR) is 93.3 cm³/mol. The minimum absolute atomic E-state index is 0.100. The van der Waals surface area contributed by atoms with Crippen LogP contribution in [0.4, 0.5) is 0 Å². The lowest BCUT2D eigenvalue weighted by atomic mass is 10.2. The van der Waals surface area contributed by atoms with Gasteiger partial charge in [0.2, 0.25) is 10.0 Å². The van der Waals surface area contributed by atoms with Crippen molar-refractivity contribution in [1.29, 1.82) is 0 Å². The van der Waals surface area contributed by atoms with Crippen LogP contribution in [0.15, 0.2) is 72.0 Å². The maximum absolute atomic E-state index is 11.4. The molecule has 3 heterocycles. The second-order valence-electron chi connectivity index (χ2n) is 5.65. The van der Waals surface area contributed by atoms with Crippen LogP contribution in [0.2, 0.25) is 0 Å². The topological polar surface area (TPSA) is 95.3 Å². The molecule has 0 atom stereocenters. The molecule has 0 aliphatic rings. The van der Waals surface area contributed by atoms with Gasteiger partial charge in [-0.2, -0.15) is 5.10 Å². The fraction of sp³-hybridized carbons (Fsp3) is 0.0588. The summed E-state index contributed by atoms with van der Waals surface area (Å²) in [7, 11) is -3.68. The first kappa shape index (κ1) is 15.6. The van der Waals surface area contributed by atoms with Gasteiger partial charge in [0.15, 0.2) is 5.82 Å². The van der Waals surface area contributed by atoms with Gasteiger partial charge in [-0.15, -0.1) is 0 Å². The van der Waals surface area contributed by atoms with Crippen molar-refractivity contribution < 1.29 is 8.42 Å². The zero-order valence-electron chi connectivity index (χ0n) is 13.1. The Labute approximate surface area is 144 Å². The summed E-state index contributed by atoms with van der Waals surface area (Å²) < 4.78 is 26.5. The summed E-state index contributed by atoms with van der Waals surface area (Å²) in [6.07, 6.45) is 5.36. The van der Waals surface area contributed by atoms with Gasteiger partial charge in [-0.25, -0.2) is 23.1 Å². The molecule has 0 aliphatic carbocycles. The van der Waals surface area contributed by atoms with E-state index in [1.165, 1.54) is 12.1 Å². The van der Waals surface area contributed by atoms with Crippen LogP contribution in [0.3, 0.4) is 0 Å². The summed E-state index contributed by atoms with van der Waals surface area (Å²) in [5.74, 6) is 0.782. The zero-order chi connectivity index (χ0) is 17.4. The molecule has 0 saturated heterocycles. The van der Waals surface area contributed by atoms with Crippen molar-refractivity contribution in [2.24, 2.45) is 5.14 Å². The third kappa shape index (κ3) is 2.92. The summed E-state index contributed by atoms with van der Waals surface area (Å²) >= 11 is 0. The number of hydrogen-bond donors (Lipinski definition) is 1. The second-order valence-corrected chi connectivity index (χ2v) is 7.21. The molecule has 25 heavy (non-hydrogen) atoms. The van der Waals surface area contributed by atoms with Crippen LogP contribution >= 0.6 is 0 Å². The van der Waals surface area contributed by atoms with Crippen molar-refractivity contribution in [1.82, 2.24) is 19.2 Å². The maximum atomic E-state index is 11.4. The molecule has 0 spiro atoms. The molecule has 0 unspecified atom stereocenters. The van der Waals surface area contributed by atoms with Gasteiger partial charge in [-0.05, 0) is 35.9 Å². The lowest BCUT2D eigenvalue weighted by molar-refractivity contribution is 0.597. The van der Waals surface area contributed by atoms with Gasteiger partial charge in [0.25, 0.3) is 0 Å². The van der Waals surface area contributed by atoms with Crippen LogP contribution in [-0.4, -0.2) is 27.6 Å². The number of rotatable bonds is 4. The molecule has 0 amide bonds. The van der Waals surface area contributed by atoms with Gasteiger partial charge in [0, 0.05) is 18.9 Å². The van der Waals surface area contributed by atoms with E-state index in [0.717, 1.165) is 22.6 Å². The van der Waals surface area contributed by atoms with E-state index >= 15 is 0 Å². The number of nitrogens with two attached hydrogens (primary N) is 1. The van der Waals surface area contributed by atoms with E-state index in [1.54, 1.807) is 24.5 Å². The van der Waals surface area contributed by atoms with Crippen molar-refractivity contribution in [3.63, 3.8) is 0 Å². The van der Waals surface area contributed by atoms with E-state index in [2.05, 4.69) is 10.1 Å². The standard InChI is InChI=1S/C17H15N5O2S/c18-25(23,24)15-6-4-13(5-7-15)12-21-11-10-19-17(21)16-3-1-2-14-8-9-20-22(14)16/h1-11H,12H2,(H2,18,23,24). The van der Waals surface area contributed by atoms with Crippen molar-refractivity contribution in [2.45, 2.75) is 11.4 Å². The first-order chi connectivity index (χ1) is 12.0. The van der Waals surface area contributed by atoms with E-state index in [9.17, 15) is 8.42 Å². The molecule has 0 fully saturated rings. The minimum Gasteiger partial charge on any atom is -0.325 e. The van der Waals surface area contributed by atoms with E-state index < -0.39 is 10.0 Å². The Morgan fingerprint density at radius 3 is 2.56 bits per heavy atom. The Hall–Kier alpha value is -2.97. The summed E-state index contributed by atoms with van der Waals surface area (Å²) in [6.45, 7) is 0.553. The molecule has 3 aromatic heterocycles. The molecule has 4 aromatic rings. The zero-order valence-corrected chi connectivity index (χ0v) is 14.0. The van der Waals surface area contributed by atoms with Gasteiger partial charge in [-0.1, -0.05) is 18.2 Å². The summed E-state index contributed by atoms with van der Waals surface area (Å²) in [5.41, 5.74) is 2.82. The Balaban J connectivity index is 1.70. The summed E-state index contributed by atoms with van der Waals surface area (Å²) in [4.78, 5) is 4.56. The molecule has 1 aromatic carbocycles. The highest BCUT2D eigenvalue weighted by Gasteiger charge is 2.12. The third-order valence-corrected chi connectivity index (χ3v) is 4.90. The first-order valence-electron chi connectivity index (χ1n) is 7.58. The van der Waals surface area contributed by atoms with Crippen LogP contribution in [0.25, 0.3) is 17.0 Å². The molecule has 0 saturated carbocycles.